The number of aromatic nitrogens is 1. The number of anilines is 1. The first kappa shape index (κ1) is 23.6. The number of sulfone groups is 1. The van der Waals surface area contributed by atoms with Crippen LogP contribution >= 0.6 is 11.6 Å². The molecular weight excluding hydrogens is 412 g/mol. The third-order valence-electron chi connectivity index (χ3n) is 2.91. The normalized spacial score (nSPS) is 12.6. The van der Waals surface area contributed by atoms with E-state index in [1.54, 1.807) is 20.8 Å². The van der Waals surface area contributed by atoms with Gasteiger partial charge in [0.05, 0.1) is 16.8 Å². The van der Waals surface area contributed by atoms with E-state index in [0.717, 1.165) is 6.26 Å². The van der Waals surface area contributed by atoms with Gasteiger partial charge in [0.1, 0.15) is 21.3 Å². The fourth-order valence-electron chi connectivity index (χ4n) is 1.91. The highest BCUT2D eigenvalue weighted by molar-refractivity contribution is 7.90. The van der Waals surface area contributed by atoms with E-state index >= 15 is 0 Å². The monoisotopic (exact) mass is 434 g/mol. The van der Waals surface area contributed by atoms with Gasteiger partial charge < -0.3 is 20.7 Å². The summed E-state index contributed by atoms with van der Waals surface area (Å²) in [6.07, 6.45) is 1.43. The topological polar surface area (TPSA) is 144 Å². The molecule has 1 rings (SSSR count). The summed E-state index contributed by atoms with van der Waals surface area (Å²) in [5.41, 5.74) is -0.783. The van der Waals surface area contributed by atoms with Gasteiger partial charge in [0.15, 0.2) is 0 Å². The molecule has 1 aromatic heterocycles. The number of hydrogen-bond donors (Lipinski definition) is 3. The summed E-state index contributed by atoms with van der Waals surface area (Å²) < 4.78 is 28.2. The first-order valence-electron chi connectivity index (χ1n) is 8.13. The van der Waals surface area contributed by atoms with Gasteiger partial charge in [-0.15, -0.1) is 0 Å². The molecule has 3 amide bonds. The van der Waals surface area contributed by atoms with Crippen LogP contribution in [0.1, 0.15) is 20.8 Å². The minimum atomic E-state index is -3.48. The van der Waals surface area contributed by atoms with Crippen molar-refractivity contribution in [2.45, 2.75) is 32.4 Å². The molecule has 0 aliphatic heterocycles. The number of hydrogen-bond acceptors (Lipinski definition) is 7. The summed E-state index contributed by atoms with van der Waals surface area (Å²) in [7, 11) is -3.48. The van der Waals surface area contributed by atoms with Gasteiger partial charge in [0, 0.05) is 19.0 Å². The Morgan fingerprint density at radius 1 is 1.21 bits per heavy atom. The van der Waals surface area contributed by atoms with Crippen molar-refractivity contribution < 1.29 is 27.5 Å². The summed E-state index contributed by atoms with van der Waals surface area (Å²) in [6.45, 7) is 4.64. The minimum Gasteiger partial charge on any atom is -0.444 e. The van der Waals surface area contributed by atoms with Crippen LogP contribution in [-0.4, -0.2) is 61.5 Å². The van der Waals surface area contributed by atoms with Crippen molar-refractivity contribution in [3.8, 4) is 0 Å². The van der Waals surface area contributed by atoms with Crippen LogP contribution in [0.15, 0.2) is 18.3 Å². The van der Waals surface area contributed by atoms with Crippen LogP contribution in [0.3, 0.4) is 0 Å². The number of alkyl carbamates (subject to hydrolysis) is 1. The molecule has 0 aliphatic carbocycles. The van der Waals surface area contributed by atoms with Crippen molar-refractivity contribution >= 4 is 45.2 Å². The molecule has 1 heterocycles. The fourth-order valence-corrected chi connectivity index (χ4v) is 2.95. The van der Waals surface area contributed by atoms with E-state index < -0.39 is 45.1 Å². The molecule has 0 aromatic carbocycles. The zero-order chi connectivity index (χ0) is 21.5. The molecule has 0 spiro atoms. The Hall–Kier alpha value is -2.40. The molecule has 156 valence electrons. The van der Waals surface area contributed by atoms with Crippen molar-refractivity contribution in [3.05, 3.63) is 23.4 Å². The van der Waals surface area contributed by atoms with Gasteiger partial charge >= 0.3 is 17.9 Å². The molecule has 0 radical (unpaired) electrons. The molecule has 0 unspecified atom stereocenters. The second-order valence-corrected chi connectivity index (χ2v) is 9.58. The number of nitrogens with zero attached hydrogens (tertiary/aromatic N) is 1. The van der Waals surface area contributed by atoms with Gasteiger partial charge in [-0.1, -0.05) is 11.6 Å². The van der Waals surface area contributed by atoms with Crippen LogP contribution in [0.5, 0.6) is 0 Å². The lowest BCUT2D eigenvalue weighted by molar-refractivity contribution is -0.136. The van der Waals surface area contributed by atoms with Crippen molar-refractivity contribution in [2.24, 2.45) is 0 Å². The molecular formula is C16H23ClN4O6S. The third kappa shape index (κ3) is 10.1. The van der Waals surface area contributed by atoms with E-state index in [-0.39, 0.29) is 12.4 Å². The molecule has 12 heteroatoms. The van der Waals surface area contributed by atoms with Crippen LogP contribution in [0.4, 0.5) is 10.6 Å². The molecule has 0 saturated heterocycles. The molecule has 0 fully saturated rings. The van der Waals surface area contributed by atoms with E-state index in [4.69, 9.17) is 16.3 Å². The number of carbonyl (C=O) groups is 3. The Labute approximate surface area is 168 Å². The van der Waals surface area contributed by atoms with Gasteiger partial charge in [-0.05, 0) is 32.9 Å². The molecule has 3 N–H and O–H groups in total. The van der Waals surface area contributed by atoms with Crippen LogP contribution in [0.25, 0.3) is 0 Å². The Balaban J connectivity index is 2.66. The Morgan fingerprint density at radius 2 is 1.86 bits per heavy atom. The second-order valence-electron chi connectivity index (χ2n) is 6.96. The highest BCUT2D eigenvalue weighted by Crippen LogP contribution is 2.09. The fraction of sp³-hybridized carbons (Fsp3) is 0.500. The summed E-state index contributed by atoms with van der Waals surface area (Å²) in [6, 6.07) is 1.90. The van der Waals surface area contributed by atoms with E-state index in [2.05, 4.69) is 20.9 Å². The number of pyridine rings is 1. The van der Waals surface area contributed by atoms with Gasteiger partial charge in [0.2, 0.25) is 0 Å². The molecule has 1 aromatic rings. The van der Waals surface area contributed by atoms with Crippen LogP contribution in [0.2, 0.25) is 5.02 Å². The van der Waals surface area contributed by atoms with Crippen LogP contribution in [-0.2, 0) is 24.2 Å². The number of rotatable bonds is 6. The summed E-state index contributed by atoms with van der Waals surface area (Å²) in [5.74, 6) is -2.37. The molecule has 0 bridgehead atoms. The lowest BCUT2D eigenvalue weighted by atomic mass is 10.2. The highest BCUT2D eigenvalue weighted by Gasteiger charge is 2.24. The zero-order valence-corrected chi connectivity index (χ0v) is 17.5. The van der Waals surface area contributed by atoms with E-state index in [1.165, 1.54) is 18.3 Å². The number of halogens is 1. The van der Waals surface area contributed by atoms with Gasteiger partial charge in [-0.3, -0.25) is 9.59 Å². The number of amides is 3. The number of carbonyl (C=O) groups excluding carboxylic acids is 3. The first-order valence-corrected chi connectivity index (χ1v) is 10.6. The number of ether oxygens (including phenoxy) is 1. The SMILES string of the molecule is CC(C)(C)OC(=O)N[C@@H](CNC(=O)C(=O)Nc1ccc(Cl)cn1)CS(C)(=O)=O. The van der Waals surface area contributed by atoms with Crippen molar-refractivity contribution in [1.82, 2.24) is 15.6 Å². The first-order chi connectivity index (χ1) is 12.7. The second kappa shape index (κ2) is 9.69. The Bertz CT molecular complexity index is 821. The van der Waals surface area contributed by atoms with E-state index in [0.29, 0.717) is 5.02 Å². The number of nitrogens with one attached hydrogen (secondary N) is 3. The maximum absolute atomic E-state index is 11.9. The lowest BCUT2D eigenvalue weighted by Gasteiger charge is -2.23. The Kier molecular flexibility index (Phi) is 8.18. The summed E-state index contributed by atoms with van der Waals surface area (Å²) >= 11 is 5.68. The predicted octanol–water partition coefficient (Wildman–Crippen LogP) is 0.728. The van der Waals surface area contributed by atoms with Crippen molar-refractivity contribution in [1.29, 1.82) is 0 Å². The lowest BCUT2D eigenvalue weighted by Crippen LogP contribution is -2.50. The van der Waals surface area contributed by atoms with Gasteiger partial charge in [-0.2, -0.15) is 0 Å². The smallest absolute Gasteiger partial charge is 0.407 e. The van der Waals surface area contributed by atoms with Crippen LogP contribution in [0, 0.1) is 0 Å². The third-order valence-corrected chi connectivity index (χ3v) is 4.14. The van der Waals surface area contributed by atoms with Gasteiger partial charge in [0.25, 0.3) is 0 Å². The molecule has 28 heavy (non-hydrogen) atoms. The maximum atomic E-state index is 11.9. The highest BCUT2D eigenvalue weighted by atomic mass is 35.5. The Morgan fingerprint density at radius 3 is 2.36 bits per heavy atom. The average Bonchev–Trinajstić information content (AvgIpc) is 2.51. The molecule has 0 saturated carbocycles. The quantitative estimate of drug-likeness (QED) is 0.559. The van der Waals surface area contributed by atoms with Gasteiger partial charge in [-0.25, -0.2) is 18.2 Å². The largest absolute Gasteiger partial charge is 0.444 e. The zero-order valence-electron chi connectivity index (χ0n) is 15.9. The summed E-state index contributed by atoms with van der Waals surface area (Å²) in [4.78, 5) is 39.5. The van der Waals surface area contributed by atoms with Crippen molar-refractivity contribution in [3.63, 3.8) is 0 Å². The maximum Gasteiger partial charge on any atom is 0.407 e. The van der Waals surface area contributed by atoms with Crippen molar-refractivity contribution in [2.75, 3.05) is 23.9 Å². The van der Waals surface area contributed by atoms with E-state index in [1.807, 2.05) is 0 Å². The summed E-state index contributed by atoms with van der Waals surface area (Å²) in [5, 5.41) is 7.25. The minimum absolute atomic E-state index is 0.115. The molecule has 1 atom stereocenters. The average molecular weight is 435 g/mol. The van der Waals surface area contributed by atoms with E-state index in [9.17, 15) is 22.8 Å². The molecule has 0 aliphatic rings. The molecule has 10 nitrogen and oxygen atoms in total. The predicted molar refractivity (Wildman–Crippen MR) is 104 cm³/mol. The standard InChI is InChI=1S/C16H23ClN4O6S/c1-16(2,3)27-15(24)20-11(9-28(4,25)26)8-19-13(22)14(23)21-12-6-5-10(17)7-18-12/h5-7,11H,8-9H2,1-4H3,(H,19,22)(H,20,24)(H,18,21,23)/t11-/m0/s1. The van der Waals surface area contributed by atoms with Crippen LogP contribution < -0.4 is 16.0 Å².